The molecule has 2 heteroatoms. The maximum atomic E-state index is 4.29. The number of fused-ring (bicyclic) bond motifs is 2. The molecule has 2 nitrogen and oxygen atoms in total. The van der Waals surface area contributed by atoms with E-state index in [2.05, 4.69) is 64.8 Å². The molecule has 0 atom stereocenters. The van der Waals surface area contributed by atoms with Crippen LogP contribution in [0.15, 0.2) is 66.9 Å². The van der Waals surface area contributed by atoms with Crippen LogP contribution in [-0.2, 0) is 0 Å². The third-order valence-corrected chi connectivity index (χ3v) is 3.52. The van der Waals surface area contributed by atoms with Crippen molar-refractivity contribution in [3.05, 3.63) is 66.9 Å². The molecule has 90 valence electrons. The summed E-state index contributed by atoms with van der Waals surface area (Å²) >= 11 is 0. The van der Waals surface area contributed by atoms with Crippen LogP contribution in [0.25, 0.3) is 32.8 Å². The molecule has 0 spiro atoms. The number of aromatic nitrogens is 2. The summed E-state index contributed by atoms with van der Waals surface area (Å²) in [5, 5.41) is 12.2. The van der Waals surface area contributed by atoms with E-state index in [1.54, 1.807) is 0 Å². The highest BCUT2D eigenvalue weighted by atomic mass is 15.1. The highest BCUT2D eigenvalue weighted by Crippen LogP contribution is 2.30. The van der Waals surface area contributed by atoms with Crippen LogP contribution in [0.5, 0.6) is 0 Å². The van der Waals surface area contributed by atoms with Gasteiger partial charge >= 0.3 is 0 Å². The van der Waals surface area contributed by atoms with Gasteiger partial charge in [-0.2, -0.15) is 5.10 Å². The van der Waals surface area contributed by atoms with Gasteiger partial charge in [-0.25, -0.2) is 0 Å². The smallest absolute Gasteiger partial charge is 0.0926 e. The minimum absolute atomic E-state index is 0.987. The zero-order valence-electron chi connectivity index (χ0n) is 10.3. The maximum absolute atomic E-state index is 4.29. The number of rotatable bonds is 1. The summed E-state index contributed by atoms with van der Waals surface area (Å²) in [5.41, 5.74) is 2.16. The van der Waals surface area contributed by atoms with E-state index in [0.717, 1.165) is 5.69 Å². The quantitative estimate of drug-likeness (QED) is 0.494. The minimum atomic E-state index is 0.987. The van der Waals surface area contributed by atoms with E-state index in [0.29, 0.717) is 0 Å². The molecule has 0 aliphatic carbocycles. The molecule has 0 radical (unpaired) electrons. The Labute approximate surface area is 110 Å². The van der Waals surface area contributed by atoms with E-state index in [4.69, 9.17) is 0 Å². The Morgan fingerprint density at radius 3 is 2.32 bits per heavy atom. The van der Waals surface area contributed by atoms with Gasteiger partial charge < -0.3 is 0 Å². The van der Waals surface area contributed by atoms with Crippen LogP contribution >= 0.6 is 0 Å². The summed E-state index contributed by atoms with van der Waals surface area (Å²) in [6.07, 6.45) is 1.86. The van der Waals surface area contributed by atoms with Crippen LogP contribution in [0.1, 0.15) is 0 Å². The third-order valence-electron chi connectivity index (χ3n) is 3.52. The van der Waals surface area contributed by atoms with Crippen molar-refractivity contribution in [2.75, 3.05) is 0 Å². The normalized spacial score (nSPS) is 11.2. The third kappa shape index (κ3) is 1.61. The first-order chi connectivity index (χ1) is 9.42. The molecular formula is C17H12N2. The number of hydrogen-bond donors (Lipinski definition) is 1. The molecule has 1 aromatic heterocycles. The van der Waals surface area contributed by atoms with Crippen molar-refractivity contribution >= 4 is 21.5 Å². The zero-order chi connectivity index (χ0) is 12.7. The standard InChI is InChI=1S/C17H12N2/c1-2-5-13-11-16-14(10-12(13)4-1)6-3-7-15(16)17-8-9-18-19-17/h1-11H,(H,18,19). The van der Waals surface area contributed by atoms with Crippen molar-refractivity contribution in [3.63, 3.8) is 0 Å². The molecule has 1 heterocycles. The lowest BCUT2D eigenvalue weighted by Gasteiger charge is -2.06. The van der Waals surface area contributed by atoms with Crippen molar-refractivity contribution in [3.8, 4) is 11.3 Å². The Morgan fingerprint density at radius 1 is 0.737 bits per heavy atom. The van der Waals surface area contributed by atoms with Gasteiger partial charge in [-0.1, -0.05) is 42.5 Å². The van der Waals surface area contributed by atoms with Crippen LogP contribution in [0.4, 0.5) is 0 Å². The van der Waals surface area contributed by atoms with Gasteiger partial charge in [-0.15, -0.1) is 0 Å². The van der Waals surface area contributed by atoms with Gasteiger partial charge in [0.25, 0.3) is 0 Å². The van der Waals surface area contributed by atoms with Gasteiger partial charge in [0.2, 0.25) is 0 Å². The van der Waals surface area contributed by atoms with Crippen LogP contribution in [0.3, 0.4) is 0 Å². The highest BCUT2D eigenvalue weighted by molar-refractivity contribution is 6.04. The van der Waals surface area contributed by atoms with Gasteiger partial charge in [-0.05, 0) is 39.7 Å². The van der Waals surface area contributed by atoms with Crippen LogP contribution in [0.2, 0.25) is 0 Å². The highest BCUT2D eigenvalue weighted by Gasteiger charge is 2.06. The lowest BCUT2D eigenvalue weighted by Crippen LogP contribution is -1.83. The molecule has 0 unspecified atom stereocenters. The summed E-state index contributed by atoms with van der Waals surface area (Å²) in [7, 11) is 0. The van der Waals surface area contributed by atoms with Gasteiger partial charge in [0, 0.05) is 11.8 Å². The molecule has 0 aliphatic heterocycles. The number of H-pyrrole nitrogens is 1. The van der Waals surface area contributed by atoms with E-state index < -0.39 is 0 Å². The Morgan fingerprint density at radius 2 is 1.53 bits per heavy atom. The van der Waals surface area contributed by atoms with Crippen molar-refractivity contribution in [1.82, 2.24) is 10.2 Å². The molecule has 4 aromatic rings. The molecule has 0 fully saturated rings. The number of aromatic amines is 1. The van der Waals surface area contributed by atoms with Crippen molar-refractivity contribution in [2.45, 2.75) is 0 Å². The summed E-state index contributed by atoms with van der Waals surface area (Å²) in [5.74, 6) is 0. The molecule has 0 bridgehead atoms. The van der Waals surface area contributed by atoms with E-state index >= 15 is 0 Å². The van der Waals surface area contributed by atoms with Gasteiger partial charge in [0.1, 0.15) is 0 Å². The Balaban J connectivity index is 2.12. The molecular weight excluding hydrogens is 232 g/mol. The van der Waals surface area contributed by atoms with E-state index in [1.165, 1.54) is 27.1 Å². The predicted octanol–water partition coefficient (Wildman–Crippen LogP) is 4.38. The number of hydrogen-bond acceptors (Lipinski definition) is 1. The fraction of sp³-hybridized carbons (Fsp3) is 0. The monoisotopic (exact) mass is 244 g/mol. The van der Waals surface area contributed by atoms with Crippen molar-refractivity contribution < 1.29 is 0 Å². The summed E-state index contributed by atoms with van der Waals surface area (Å²) < 4.78 is 0. The van der Waals surface area contributed by atoms with Crippen LogP contribution in [0, 0.1) is 0 Å². The molecule has 4 rings (SSSR count). The molecule has 19 heavy (non-hydrogen) atoms. The van der Waals surface area contributed by atoms with E-state index in [-0.39, 0.29) is 0 Å². The molecule has 0 amide bonds. The van der Waals surface area contributed by atoms with E-state index in [9.17, 15) is 0 Å². The predicted molar refractivity (Wildman–Crippen MR) is 79.0 cm³/mol. The van der Waals surface area contributed by atoms with Gasteiger partial charge in [0.05, 0.1) is 5.69 Å². The molecule has 3 aromatic carbocycles. The summed E-state index contributed by atoms with van der Waals surface area (Å²) in [4.78, 5) is 0. The van der Waals surface area contributed by atoms with Crippen molar-refractivity contribution in [1.29, 1.82) is 0 Å². The number of benzene rings is 3. The fourth-order valence-corrected chi connectivity index (χ4v) is 2.60. The van der Waals surface area contributed by atoms with Gasteiger partial charge in [0.15, 0.2) is 0 Å². The Bertz CT molecular complexity index is 861. The first-order valence-electron chi connectivity index (χ1n) is 6.33. The lowest BCUT2D eigenvalue weighted by molar-refractivity contribution is 1.10. The lowest BCUT2D eigenvalue weighted by atomic mass is 9.98. The second-order valence-electron chi connectivity index (χ2n) is 4.69. The average molecular weight is 244 g/mol. The second-order valence-corrected chi connectivity index (χ2v) is 4.69. The largest absolute Gasteiger partial charge is 0.285 e. The van der Waals surface area contributed by atoms with Crippen LogP contribution < -0.4 is 0 Å². The summed E-state index contributed by atoms with van der Waals surface area (Å²) in [6, 6.07) is 21.3. The molecule has 0 saturated carbocycles. The van der Waals surface area contributed by atoms with E-state index in [1.807, 2.05) is 12.3 Å². The first-order valence-corrected chi connectivity index (χ1v) is 6.33. The van der Waals surface area contributed by atoms with Crippen LogP contribution in [-0.4, -0.2) is 10.2 Å². The Hall–Kier alpha value is -2.61. The summed E-state index contributed by atoms with van der Waals surface area (Å²) in [6.45, 7) is 0. The average Bonchev–Trinajstić information content (AvgIpc) is 2.98. The molecule has 1 N–H and O–H groups in total. The van der Waals surface area contributed by atoms with Gasteiger partial charge in [-0.3, -0.25) is 5.10 Å². The molecule has 0 aliphatic rings. The maximum Gasteiger partial charge on any atom is 0.0926 e. The number of nitrogens with one attached hydrogen (secondary N) is 1. The fourth-order valence-electron chi connectivity index (χ4n) is 2.60. The zero-order valence-corrected chi connectivity index (χ0v) is 10.3. The number of nitrogens with zero attached hydrogens (tertiary/aromatic N) is 1. The SMILES string of the molecule is c1ccc2cc3c(-c4cc[nH]n4)cccc3cc2c1. The minimum Gasteiger partial charge on any atom is -0.285 e. The van der Waals surface area contributed by atoms with Crippen molar-refractivity contribution in [2.24, 2.45) is 0 Å². The second kappa shape index (κ2) is 3.95. The topological polar surface area (TPSA) is 28.7 Å². The Kier molecular flexibility index (Phi) is 2.15. The first kappa shape index (κ1) is 10.3. The molecule has 0 saturated heterocycles.